The van der Waals surface area contributed by atoms with E-state index in [2.05, 4.69) is 0 Å². The fourth-order valence-electron chi connectivity index (χ4n) is 0.0500. The molecule has 4 heteroatoms. The van der Waals surface area contributed by atoms with Crippen molar-refractivity contribution in [1.82, 2.24) is 0 Å². The molecule has 0 atom stereocenters. The van der Waals surface area contributed by atoms with Crippen LogP contribution in [0.3, 0.4) is 0 Å². The zero-order chi connectivity index (χ0) is 5.91. The molecule has 2 radical (unpaired) electrons. The van der Waals surface area contributed by atoms with E-state index in [1.165, 1.54) is 0 Å². The second-order valence-corrected chi connectivity index (χ2v) is 2.48. The average Bonchev–Trinajstić information content (AvgIpc) is 1.68. The molecule has 0 saturated heterocycles. The Kier molecular flexibility index (Phi) is 15.3. The summed E-state index contributed by atoms with van der Waals surface area (Å²) in [7, 11) is 0. The van der Waals surface area contributed by atoms with Crippen molar-refractivity contribution in [2.45, 2.75) is 13.8 Å². The summed E-state index contributed by atoms with van der Waals surface area (Å²) in [6.07, 6.45) is 0. The molecule has 0 heterocycles. The van der Waals surface area contributed by atoms with Crippen molar-refractivity contribution in [1.29, 1.82) is 0 Å². The molecule has 0 bridgehead atoms. The summed E-state index contributed by atoms with van der Waals surface area (Å²) in [5.41, 5.74) is -0.306. The van der Waals surface area contributed by atoms with E-state index in [4.69, 9.17) is 10.2 Å². The van der Waals surface area contributed by atoms with Crippen LogP contribution in [-0.2, 0) is 0 Å². The minimum Gasteiger partial charge on any atom is -0.396 e. The predicted octanol–water partition coefficient (Wildman–Crippen LogP) is -0.764. The molecule has 2 nitrogen and oxygen atoms in total. The van der Waals surface area contributed by atoms with Crippen molar-refractivity contribution in [2.75, 3.05) is 13.2 Å². The third-order valence-corrected chi connectivity index (χ3v) is 0.856. The van der Waals surface area contributed by atoms with E-state index in [1.54, 1.807) is 13.8 Å². The van der Waals surface area contributed by atoms with E-state index in [1.807, 2.05) is 0 Å². The van der Waals surface area contributed by atoms with Crippen molar-refractivity contribution < 1.29 is 10.2 Å². The monoisotopic (exact) mass is 150 g/mol. The molecule has 0 fully saturated rings. The third kappa shape index (κ3) is 9.92. The molecule has 0 aliphatic rings. The zero-order valence-electron chi connectivity index (χ0n) is 6.81. The van der Waals surface area contributed by atoms with Gasteiger partial charge in [-0.2, -0.15) is 0 Å². The molecule has 0 aliphatic carbocycles. The first-order chi connectivity index (χ1) is 3.12. The second kappa shape index (κ2) is 8.02. The maximum Gasteiger partial charge on any atom is 0.0504 e. The summed E-state index contributed by atoms with van der Waals surface area (Å²) in [5.74, 6) is 0. The van der Waals surface area contributed by atoms with Crippen LogP contribution in [0.15, 0.2) is 0 Å². The number of aliphatic hydroxyl groups is 2. The fraction of sp³-hybridized carbons (Fsp3) is 1.00. The number of aliphatic hydroxyl groups excluding tert-OH is 2. The zero-order valence-corrected chi connectivity index (χ0v) is 10.8. The first kappa shape index (κ1) is 17.1. The van der Waals surface area contributed by atoms with Crippen molar-refractivity contribution in [3.63, 3.8) is 0 Å². The van der Waals surface area contributed by atoms with Crippen LogP contribution in [0, 0.1) is 5.41 Å². The molecule has 0 aromatic heterocycles. The Hall–Kier alpha value is 1.92. The summed E-state index contributed by atoms with van der Waals surface area (Å²) in [4.78, 5) is 0. The number of hydrogen-bond donors (Lipinski definition) is 2. The Balaban J connectivity index is -0.000000180. The topological polar surface area (TPSA) is 40.5 Å². The van der Waals surface area contributed by atoms with E-state index >= 15 is 0 Å². The van der Waals surface area contributed by atoms with Crippen LogP contribution in [0.4, 0.5) is 0 Å². The van der Waals surface area contributed by atoms with Gasteiger partial charge in [0.1, 0.15) is 0 Å². The molecule has 0 spiro atoms. The standard InChI is InChI=1S/C5H12O2.2Na/c1-5(2,3-6)4-7;;/h6-7H,3-4H2,1-2H3;;. The van der Waals surface area contributed by atoms with E-state index in [-0.39, 0.29) is 77.7 Å². The Morgan fingerprint density at radius 2 is 1.22 bits per heavy atom. The molecule has 9 heavy (non-hydrogen) atoms. The van der Waals surface area contributed by atoms with Crippen LogP contribution >= 0.6 is 0 Å². The van der Waals surface area contributed by atoms with Crippen molar-refractivity contribution in [2.24, 2.45) is 5.41 Å². The molecular weight excluding hydrogens is 138 g/mol. The van der Waals surface area contributed by atoms with Crippen LogP contribution in [0.5, 0.6) is 0 Å². The van der Waals surface area contributed by atoms with Gasteiger partial charge >= 0.3 is 0 Å². The molecule has 46 valence electrons. The minimum atomic E-state index is -0.306. The summed E-state index contributed by atoms with van der Waals surface area (Å²) in [6, 6.07) is 0. The molecular formula is C5H12Na2O2. The Morgan fingerprint density at radius 1 is 1.00 bits per heavy atom. The normalized spacial score (nSPS) is 9.33. The van der Waals surface area contributed by atoms with Crippen LogP contribution < -0.4 is 0 Å². The van der Waals surface area contributed by atoms with E-state index in [9.17, 15) is 0 Å². The van der Waals surface area contributed by atoms with Crippen LogP contribution in [0.1, 0.15) is 13.8 Å². The van der Waals surface area contributed by atoms with E-state index in [0.717, 1.165) is 0 Å². The molecule has 0 aliphatic heterocycles. The minimum absolute atomic E-state index is 0. The number of hydrogen-bond acceptors (Lipinski definition) is 2. The van der Waals surface area contributed by atoms with Gasteiger partial charge in [-0.05, 0) is 0 Å². The van der Waals surface area contributed by atoms with Gasteiger partial charge in [-0.15, -0.1) is 0 Å². The molecule has 0 aromatic rings. The quantitative estimate of drug-likeness (QED) is 0.508. The van der Waals surface area contributed by atoms with Gasteiger partial charge in [-0.1, -0.05) is 13.8 Å². The molecule has 0 aromatic carbocycles. The third-order valence-electron chi connectivity index (χ3n) is 0.856. The summed E-state index contributed by atoms with van der Waals surface area (Å²) in [6.45, 7) is 3.69. The summed E-state index contributed by atoms with van der Waals surface area (Å²) >= 11 is 0. The molecule has 0 unspecified atom stereocenters. The maximum absolute atomic E-state index is 8.43. The van der Waals surface area contributed by atoms with E-state index in [0.29, 0.717) is 0 Å². The van der Waals surface area contributed by atoms with Gasteiger partial charge in [-0.25, -0.2) is 0 Å². The van der Waals surface area contributed by atoms with Gasteiger partial charge in [0.2, 0.25) is 0 Å². The van der Waals surface area contributed by atoms with Gasteiger partial charge in [0.05, 0.1) is 13.2 Å². The van der Waals surface area contributed by atoms with Gasteiger partial charge < -0.3 is 10.2 Å². The summed E-state index contributed by atoms with van der Waals surface area (Å²) in [5, 5.41) is 16.9. The average molecular weight is 150 g/mol. The fourth-order valence-corrected chi connectivity index (χ4v) is 0.0500. The molecule has 0 saturated carbocycles. The Labute approximate surface area is 101 Å². The predicted molar refractivity (Wildman–Crippen MR) is 39.5 cm³/mol. The first-order valence-electron chi connectivity index (χ1n) is 2.34. The maximum atomic E-state index is 8.43. The molecule has 0 rings (SSSR count). The van der Waals surface area contributed by atoms with Gasteiger partial charge in [0.25, 0.3) is 0 Å². The smallest absolute Gasteiger partial charge is 0.0504 e. The van der Waals surface area contributed by atoms with Crippen molar-refractivity contribution in [3.8, 4) is 0 Å². The molecule has 2 N–H and O–H groups in total. The van der Waals surface area contributed by atoms with Crippen LogP contribution in [0.2, 0.25) is 0 Å². The van der Waals surface area contributed by atoms with Crippen LogP contribution in [-0.4, -0.2) is 82.5 Å². The Bertz CT molecular complexity index is 50.9. The second-order valence-electron chi connectivity index (χ2n) is 2.48. The largest absolute Gasteiger partial charge is 0.396 e. The Morgan fingerprint density at radius 3 is 1.22 bits per heavy atom. The van der Waals surface area contributed by atoms with Gasteiger partial charge in [-0.3, -0.25) is 0 Å². The first-order valence-corrected chi connectivity index (χ1v) is 2.34. The van der Waals surface area contributed by atoms with Gasteiger partial charge in [0, 0.05) is 64.5 Å². The van der Waals surface area contributed by atoms with Crippen molar-refractivity contribution >= 4 is 59.1 Å². The summed E-state index contributed by atoms with van der Waals surface area (Å²) < 4.78 is 0. The SMILES string of the molecule is CC(C)(CO)CO.[Na].[Na]. The van der Waals surface area contributed by atoms with E-state index < -0.39 is 0 Å². The van der Waals surface area contributed by atoms with Crippen molar-refractivity contribution in [3.05, 3.63) is 0 Å². The van der Waals surface area contributed by atoms with Crippen LogP contribution in [0.25, 0.3) is 0 Å². The number of rotatable bonds is 2. The van der Waals surface area contributed by atoms with Gasteiger partial charge in [0.15, 0.2) is 0 Å². The molecule has 0 amide bonds.